The summed E-state index contributed by atoms with van der Waals surface area (Å²) in [6.45, 7) is 0. The zero-order valence-corrected chi connectivity index (χ0v) is 10.9. The van der Waals surface area contributed by atoms with Gasteiger partial charge in [0.1, 0.15) is 28.2 Å². The average Bonchev–Trinajstić information content (AvgIpc) is 2.73. The van der Waals surface area contributed by atoms with E-state index in [4.69, 9.17) is 5.26 Å². The van der Waals surface area contributed by atoms with E-state index >= 15 is 0 Å². The summed E-state index contributed by atoms with van der Waals surface area (Å²) in [6.07, 6.45) is 1.15. The van der Waals surface area contributed by atoms with Crippen LogP contribution in [0.25, 0.3) is 0 Å². The zero-order valence-electron chi connectivity index (χ0n) is 10.1. The van der Waals surface area contributed by atoms with Gasteiger partial charge in [0.15, 0.2) is 5.82 Å². The highest BCUT2D eigenvalue weighted by atomic mass is 32.2. The highest BCUT2D eigenvalue weighted by Gasteiger charge is 2.23. The number of sulfonamides is 1. The summed E-state index contributed by atoms with van der Waals surface area (Å²) < 4.78 is 53.7. The van der Waals surface area contributed by atoms with E-state index in [1.807, 2.05) is 4.72 Å². The predicted octanol–water partition coefficient (Wildman–Crippen LogP) is 1.37. The van der Waals surface area contributed by atoms with Crippen molar-refractivity contribution in [2.45, 2.75) is 4.90 Å². The van der Waals surface area contributed by atoms with Crippen molar-refractivity contribution in [2.24, 2.45) is 7.05 Å². The van der Waals surface area contributed by atoms with E-state index in [1.54, 1.807) is 6.07 Å². The summed E-state index contributed by atoms with van der Waals surface area (Å²) in [5, 5.41) is 12.5. The molecule has 9 heteroatoms. The highest BCUT2D eigenvalue weighted by Crippen LogP contribution is 2.21. The SMILES string of the molecule is Cn1ncc(C#N)c1NS(=O)(=O)c1cc(F)ccc1F. The molecule has 2 aromatic rings. The Kier molecular flexibility index (Phi) is 3.42. The van der Waals surface area contributed by atoms with Gasteiger partial charge in [-0.2, -0.15) is 10.4 Å². The Hall–Kier alpha value is -2.47. The van der Waals surface area contributed by atoms with Crippen molar-refractivity contribution in [3.63, 3.8) is 0 Å². The molecule has 0 fully saturated rings. The molecule has 0 saturated heterocycles. The number of halogens is 2. The third kappa shape index (κ3) is 2.46. The summed E-state index contributed by atoms with van der Waals surface area (Å²) in [5.74, 6) is -2.12. The van der Waals surface area contributed by atoms with Crippen LogP contribution in [-0.4, -0.2) is 18.2 Å². The number of aromatic nitrogens is 2. The molecule has 0 spiro atoms. The average molecular weight is 298 g/mol. The quantitative estimate of drug-likeness (QED) is 0.927. The van der Waals surface area contributed by atoms with Gasteiger partial charge in [-0.15, -0.1) is 0 Å². The lowest BCUT2D eigenvalue weighted by molar-refractivity contribution is 0.555. The number of hydrogen-bond acceptors (Lipinski definition) is 4. The predicted molar refractivity (Wildman–Crippen MR) is 65.1 cm³/mol. The second kappa shape index (κ2) is 4.90. The first-order chi connectivity index (χ1) is 9.35. The molecule has 0 atom stereocenters. The van der Waals surface area contributed by atoms with Crippen LogP contribution in [0.2, 0.25) is 0 Å². The minimum atomic E-state index is -4.37. The van der Waals surface area contributed by atoms with Crippen LogP contribution < -0.4 is 4.72 Å². The first-order valence-electron chi connectivity index (χ1n) is 5.25. The highest BCUT2D eigenvalue weighted by molar-refractivity contribution is 7.92. The van der Waals surface area contributed by atoms with Crippen molar-refractivity contribution >= 4 is 15.8 Å². The summed E-state index contributed by atoms with van der Waals surface area (Å²) in [7, 11) is -2.97. The van der Waals surface area contributed by atoms with Gasteiger partial charge < -0.3 is 0 Å². The molecule has 20 heavy (non-hydrogen) atoms. The molecule has 6 nitrogen and oxygen atoms in total. The molecule has 0 radical (unpaired) electrons. The lowest BCUT2D eigenvalue weighted by Crippen LogP contribution is -2.17. The van der Waals surface area contributed by atoms with Gasteiger partial charge in [0, 0.05) is 7.05 Å². The minimum absolute atomic E-state index is 0.0344. The number of rotatable bonds is 3. The fraction of sp³-hybridized carbons (Fsp3) is 0.0909. The van der Waals surface area contributed by atoms with Crippen molar-refractivity contribution in [3.05, 3.63) is 41.6 Å². The van der Waals surface area contributed by atoms with E-state index < -0.39 is 26.6 Å². The Morgan fingerprint density at radius 2 is 2.10 bits per heavy atom. The van der Waals surface area contributed by atoms with Crippen LogP contribution in [0.4, 0.5) is 14.6 Å². The first kappa shape index (κ1) is 14.0. The van der Waals surface area contributed by atoms with Crippen LogP contribution in [0.15, 0.2) is 29.3 Å². The van der Waals surface area contributed by atoms with Gasteiger partial charge in [-0.25, -0.2) is 17.2 Å². The number of benzene rings is 1. The number of hydrogen-bond donors (Lipinski definition) is 1. The molecule has 2 rings (SSSR count). The van der Waals surface area contributed by atoms with Gasteiger partial charge in [-0.3, -0.25) is 9.40 Å². The molecule has 0 amide bonds. The summed E-state index contributed by atoms with van der Waals surface area (Å²) in [5.41, 5.74) is -0.0344. The molecule has 0 aliphatic carbocycles. The lowest BCUT2D eigenvalue weighted by Gasteiger charge is -2.09. The van der Waals surface area contributed by atoms with Crippen molar-refractivity contribution in [1.29, 1.82) is 5.26 Å². The normalized spacial score (nSPS) is 11.1. The monoisotopic (exact) mass is 298 g/mol. The fourth-order valence-corrected chi connectivity index (χ4v) is 2.70. The van der Waals surface area contributed by atoms with Gasteiger partial charge in [0.05, 0.1) is 6.20 Å². The van der Waals surface area contributed by atoms with Crippen LogP contribution in [0.1, 0.15) is 5.56 Å². The maximum Gasteiger partial charge on any atom is 0.266 e. The third-order valence-electron chi connectivity index (χ3n) is 2.47. The Balaban J connectivity index is 2.49. The first-order valence-corrected chi connectivity index (χ1v) is 6.73. The molecule has 1 heterocycles. The minimum Gasteiger partial charge on any atom is -0.262 e. The van der Waals surface area contributed by atoms with Crippen molar-refractivity contribution in [2.75, 3.05) is 4.72 Å². The largest absolute Gasteiger partial charge is 0.266 e. The second-order valence-corrected chi connectivity index (χ2v) is 5.47. The van der Waals surface area contributed by atoms with E-state index in [2.05, 4.69) is 5.10 Å². The second-order valence-electron chi connectivity index (χ2n) is 3.82. The summed E-state index contributed by atoms with van der Waals surface area (Å²) >= 11 is 0. The molecular formula is C11H8F2N4O2S. The Morgan fingerprint density at radius 3 is 2.75 bits per heavy atom. The smallest absolute Gasteiger partial charge is 0.262 e. The van der Waals surface area contributed by atoms with E-state index in [0.717, 1.165) is 16.9 Å². The van der Waals surface area contributed by atoms with Crippen LogP contribution >= 0.6 is 0 Å². The molecule has 1 N–H and O–H groups in total. The zero-order chi connectivity index (χ0) is 14.9. The molecule has 1 aromatic heterocycles. The molecule has 0 saturated carbocycles. The maximum absolute atomic E-state index is 13.5. The summed E-state index contributed by atoms with van der Waals surface area (Å²) in [6, 6.07) is 3.81. The molecule has 0 aliphatic rings. The van der Waals surface area contributed by atoms with Gasteiger partial charge in [-0.05, 0) is 18.2 Å². The number of nitrogens with zero attached hydrogens (tertiary/aromatic N) is 3. The van der Waals surface area contributed by atoms with Crippen molar-refractivity contribution in [3.8, 4) is 6.07 Å². The standard InChI is InChI=1S/C11H8F2N4O2S/c1-17-11(7(5-14)6-15-17)16-20(18,19)10-4-8(12)2-3-9(10)13/h2-4,6,16H,1H3. The van der Waals surface area contributed by atoms with Gasteiger partial charge >= 0.3 is 0 Å². The van der Waals surface area contributed by atoms with Crippen LogP contribution in [0, 0.1) is 23.0 Å². The number of nitrogens with one attached hydrogen (secondary N) is 1. The van der Waals surface area contributed by atoms with Crippen molar-refractivity contribution in [1.82, 2.24) is 9.78 Å². The topological polar surface area (TPSA) is 87.8 Å². The van der Waals surface area contributed by atoms with Gasteiger partial charge in [-0.1, -0.05) is 0 Å². The maximum atomic E-state index is 13.5. The lowest BCUT2D eigenvalue weighted by atomic mass is 10.3. The Morgan fingerprint density at radius 1 is 1.40 bits per heavy atom. The number of nitriles is 1. The summed E-state index contributed by atoms with van der Waals surface area (Å²) in [4.78, 5) is -0.845. The van der Waals surface area contributed by atoms with Crippen LogP contribution in [0.3, 0.4) is 0 Å². The number of aryl methyl sites for hydroxylation is 1. The Bertz CT molecular complexity index is 808. The molecule has 0 aliphatic heterocycles. The van der Waals surface area contributed by atoms with E-state index in [0.29, 0.717) is 12.1 Å². The fourth-order valence-electron chi connectivity index (χ4n) is 1.51. The van der Waals surface area contributed by atoms with Gasteiger partial charge in [0.2, 0.25) is 0 Å². The van der Waals surface area contributed by atoms with E-state index in [-0.39, 0.29) is 11.4 Å². The van der Waals surface area contributed by atoms with E-state index in [1.165, 1.54) is 7.05 Å². The van der Waals surface area contributed by atoms with Gasteiger partial charge in [0.25, 0.3) is 10.0 Å². The molecule has 104 valence electrons. The van der Waals surface area contributed by atoms with Crippen LogP contribution in [0.5, 0.6) is 0 Å². The third-order valence-corrected chi connectivity index (χ3v) is 3.83. The van der Waals surface area contributed by atoms with E-state index in [9.17, 15) is 17.2 Å². The molecule has 0 bridgehead atoms. The van der Waals surface area contributed by atoms with Crippen molar-refractivity contribution < 1.29 is 17.2 Å². The number of anilines is 1. The molecule has 0 unspecified atom stereocenters. The molecule has 1 aromatic carbocycles. The van der Waals surface area contributed by atoms with Crippen LogP contribution in [-0.2, 0) is 17.1 Å². The molecular weight excluding hydrogens is 290 g/mol. The Labute approximate surface area is 113 Å².